The molecule has 1 aliphatic rings. The first-order valence-electron chi connectivity index (χ1n) is 7.31. The first-order valence-corrected chi connectivity index (χ1v) is 7.31. The van der Waals surface area contributed by atoms with Gasteiger partial charge in [0.05, 0.1) is 6.04 Å². The van der Waals surface area contributed by atoms with E-state index in [4.69, 9.17) is 0 Å². The highest BCUT2D eigenvalue weighted by atomic mass is 19.1. The first-order chi connectivity index (χ1) is 10.7. The predicted molar refractivity (Wildman–Crippen MR) is 78.8 cm³/mol. The van der Waals surface area contributed by atoms with Crippen molar-refractivity contribution in [2.45, 2.75) is 25.8 Å². The molecule has 0 bridgehead atoms. The summed E-state index contributed by atoms with van der Waals surface area (Å²) in [6.45, 7) is 2.17. The number of nitrogens with one attached hydrogen (secondary N) is 1. The fourth-order valence-electron chi connectivity index (χ4n) is 3.08. The second-order valence-electron chi connectivity index (χ2n) is 5.69. The Morgan fingerprint density at radius 3 is 3.09 bits per heavy atom. The third-order valence-electron chi connectivity index (χ3n) is 4.28. The second-order valence-corrected chi connectivity index (χ2v) is 5.69. The highest BCUT2D eigenvalue weighted by Crippen LogP contribution is 2.37. The molecule has 0 saturated carbocycles. The molecule has 1 aromatic carbocycles. The lowest BCUT2D eigenvalue weighted by Gasteiger charge is -2.32. The van der Waals surface area contributed by atoms with E-state index in [0.717, 1.165) is 24.0 Å². The topological polar surface area (TPSA) is 68.0 Å². The Kier molecular flexibility index (Phi) is 2.99. The summed E-state index contributed by atoms with van der Waals surface area (Å²) in [5.41, 5.74) is 2.41. The van der Waals surface area contributed by atoms with E-state index in [1.54, 1.807) is 12.1 Å². The third kappa shape index (κ3) is 2.09. The van der Waals surface area contributed by atoms with Gasteiger partial charge in [-0.05, 0) is 58.5 Å². The molecule has 1 N–H and O–H groups in total. The van der Waals surface area contributed by atoms with E-state index in [1.807, 2.05) is 12.1 Å². The molecule has 0 aliphatic heterocycles. The van der Waals surface area contributed by atoms with Crippen LogP contribution >= 0.6 is 0 Å². The number of benzene rings is 1. The van der Waals surface area contributed by atoms with Crippen LogP contribution in [-0.2, 0) is 6.42 Å². The van der Waals surface area contributed by atoms with Gasteiger partial charge in [0.2, 0.25) is 0 Å². The summed E-state index contributed by atoms with van der Waals surface area (Å²) in [6.07, 6.45) is 1.72. The molecule has 112 valence electrons. The van der Waals surface area contributed by atoms with E-state index in [0.29, 0.717) is 17.4 Å². The SMILES string of the molecule is C[C@H]1CCc2c(F)cccc2[C@@H]1Nc1ccc2nnnn2n1. The Morgan fingerprint density at radius 1 is 1.27 bits per heavy atom. The lowest BCUT2D eigenvalue weighted by molar-refractivity contribution is 0.422. The average Bonchev–Trinajstić information content (AvgIpc) is 2.98. The highest BCUT2D eigenvalue weighted by Gasteiger charge is 2.28. The molecule has 0 amide bonds. The summed E-state index contributed by atoms with van der Waals surface area (Å²) >= 11 is 0. The maximum atomic E-state index is 14.0. The number of fused-ring (bicyclic) bond motifs is 2. The minimum atomic E-state index is -0.125. The van der Waals surface area contributed by atoms with Crippen LogP contribution in [0.2, 0.25) is 0 Å². The molecule has 2 heterocycles. The van der Waals surface area contributed by atoms with Crippen LogP contribution in [0.1, 0.15) is 30.5 Å². The Bertz CT molecular complexity index is 830. The molecule has 0 spiro atoms. The fourth-order valence-corrected chi connectivity index (χ4v) is 3.08. The number of rotatable bonds is 2. The van der Waals surface area contributed by atoms with Crippen LogP contribution in [0.15, 0.2) is 30.3 Å². The van der Waals surface area contributed by atoms with Crippen LogP contribution in [0.3, 0.4) is 0 Å². The largest absolute Gasteiger partial charge is 0.361 e. The zero-order valence-corrected chi connectivity index (χ0v) is 12.1. The third-order valence-corrected chi connectivity index (χ3v) is 4.28. The molecule has 0 radical (unpaired) electrons. The van der Waals surface area contributed by atoms with E-state index >= 15 is 0 Å². The summed E-state index contributed by atoms with van der Waals surface area (Å²) in [4.78, 5) is 0. The standard InChI is InChI=1S/C15H15FN6/c1-9-5-6-10-11(3-2-4-12(10)16)15(9)17-13-7-8-14-18-20-21-22(14)19-13/h2-4,7-9,15H,5-6H2,1H3,(H,17,19)/t9-,15+/m0/s1. The molecular formula is C15H15FN6. The Balaban J connectivity index is 1.71. The van der Waals surface area contributed by atoms with Crippen molar-refractivity contribution in [1.29, 1.82) is 0 Å². The van der Waals surface area contributed by atoms with E-state index < -0.39 is 0 Å². The van der Waals surface area contributed by atoms with Crippen molar-refractivity contribution >= 4 is 11.5 Å². The van der Waals surface area contributed by atoms with Crippen LogP contribution < -0.4 is 5.32 Å². The van der Waals surface area contributed by atoms with Crippen molar-refractivity contribution in [1.82, 2.24) is 25.3 Å². The van der Waals surface area contributed by atoms with Gasteiger partial charge in [-0.25, -0.2) is 4.39 Å². The number of hydrogen-bond donors (Lipinski definition) is 1. The van der Waals surface area contributed by atoms with Crippen molar-refractivity contribution in [2.24, 2.45) is 5.92 Å². The lowest BCUT2D eigenvalue weighted by atomic mass is 9.80. The molecule has 1 aliphatic carbocycles. The first kappa shape index (κ1) is 13.1. The van der Waals surface area contributed by atoms with Gasteiger partial charge in [0, 0.05) is 0 Å². The maximum absolute atomic E-state index is 14.0. The number of halogens is 1. The van der Waals surface area contributed by atoms with Gasteiger partial charge < -0.3 is 5.32 Å². The minimum absolute atomic E-state index is 0.0286. The summed E-state index contributed by atoms with van der Waals surface area (Å²) in [5.74, 6) is 0.939. The van der Waals surface area contributed by atoms with Gasteiger partial charge in [-0.3, -0.25) is 0 Å². The molecule has 0 unspecified atom stereocenters. The van der Waals surface area contributed by atoms with Crippen molar-refractivity contribution < 1.29 is 4.39 Å². The second kappa shape index (κ2) is 5.01. The Morgan fingerprint density at radius 2 is 2.18 bits per heavy atom. The average molecular weight is 298 g/mol. The quantitative estimate of drug-likeness (QED) is 0.787. The molecule has 3 aromatic rings. The summed E-state index contributed by atoms with van der Waals surface area (Å²) < 4.78 is 15.4. The van der Waals surface area contributed by atoms with Crippen LogP contribution in [0, 0.1) is 11.7 Å². The molecule has 2 aromatic heterocycles. The molecule has 2 atom stereocenters. The Labute approximate surface area is 126 Å². The van der Waals surface area contributed by atoms with E-state index in [-0.39, 0.29) is 11.9 Å². The normalized spacial score (nSPS) is 20.8. The highest BCUT2D eigenvalue weighted by molar-refractivity contribution is 5.46. The minimum Gasteiger partial charge on any atom is -0.361 e. The predicted octanol–water partition coefficient (Wildman–Crippen LogP) is 2.39. The van der Waals surface area contributed by atoms with Crippen molar-refractivity contribution in [3.05, 3.63) is 47.3 Å². The van der Waals surface area contributed by atoms with Crippen LogP contribution in [0.5, 0.6) is 0 Å². The molecule has 0 saturated heterocycles. The molecule has 7 heteroatoms. The monoisotopic (exact) mass is 298 g/mol. The van der Waals surface area contributed by atoms with Crippen molar-refractivity contribution in [2.75, 3.05) is 5.32 Å². The zero-order chi connectivity index (χ0) is 15.1. The van der Waals surface area contributed by atoms with Gasteiger partial charge in [-0.1, -0.05) is 19.1 Å². The number of nitrogens with zero attached hydrogens (tertiary/aromatic N) is 5. The van der Waals surface area contributed by atoms with E-state index in [9.17, 15) is 4.39 Å². The van der Waals surface area contributed by atoms with Crippen LogP contribution in [0.4, 0.5) is 10.2 Å². The molecule has 0 fully saturated rings. The van der Waals surface area contributed by atoms with E-state index in [1.165, 1.54) is 10.7 Å². The number of tetrazole rings is 1. The summed E-state index contributed by atoms with van der Waals surface area (Å²) in [5, 5.41) is 18.9. The molecule has 6 nitrogen and oxygen atoms in total. The van der Waals surface area contributed by atoms with Crippen molar-refractivity contribution in [3.8, 4) is 0 Å². The van der Waals surface area contributed by atoms with Gasteiger partial charge in [-0.2, -0.15) is 0 Å². The molecule has 4 rings (SSSR count). The maximum Gasteiger partial charge on any atom is 0.200 e. The molecular weight excluding hydrogens is 283 g/mol. The summed E-state index contributed by atoms with van der Waals surface area (Å²) in [6, 6.07) is 8.94. The van der Waals surface area contributed by atoms with Crippen LogP contribution in [-0.4, -0.2) is 25.3 Å². The number of anilines is 1. The van der Waals surface area contributed by atoms with Gasteiger partial charge in [0.15, 0.2) is 5.65 Å². The fraction of sp³-hybridized carbons (Fsp3) is 0.333. The van der Waals surface area contributed by atoms with Gasteiger partial charge in [0.1, 0.15) is 11.6 Å². The van der Waals surface area contributed by atoms with Crippen LogP contribution in [0.25, 0.3) is 5.65 Å². The van der Waals surface area contributed by atoms with Gasteiger partial charge >= 0.3 is 0 Å². The number of aromatic nitrogens is 5. The number of hydrogen-bond acceptors (Lipinski definition) is 5. The lowest BCUT2D eigenvalue weighted by Crippen LogP contribution is -2.26. The molecule has 22 heavy (non-hydrogen) atoms. The Hall–Kier alpha value is -2.57. The van der Waals surface area contributed by atoms with Crippen molar-refractivity contribution in [3.63, 3.8) is 0 Å². The van der Waals surface area contributed by atoms with E-state index in [2.05, 4.69) is 32.9 Å². The summed E-state index contributed by atoms with van der Waals surface area (Å²) in [7, 11) is 0. The zero-order valence-electron chi connectivity index (χ0n) is 12.1. The smallest absolute Gasteiger partial charge is 0.200 e. The van der Waals surface area contributed by atoms with Gasteiger partial charge in [-0.15, -0.1) is 14.8 Å². The van der Waals surface area contributed by atoms with Gasteiger partial charge in [0.25, 0.3) is 0 Å².